The minimum Gasteiger partial charge on any atom is -0.345 e. The maximum atomic E-state index is 13.3. The fraction of sp³-hybridized carbons (Fsp3) is 0.700. The predicted octanol–water partition coefficient (Wildman–Crippen LogP) is 3.59. The SMILES string of the molecule is C=CS/C(=C\CC)C(=O)NC(C(=O)NCC(=O)N1CCCC1C(=O)NC(CC1CCC1)C(C)=O)C1CCCCC1. The molecule has 222 valence electrons. The summed E-state index contributed by atoms with van der Waals surface area (Å²) in [5.41, 5.74) is 0. The molecular formula is C30H46N4O5S. The van der Waals surface area contributed by atoms with Crippen LogP contribution in [0.4, 0.5) is 0 Å². The largest absolute Gasteiger partial charge is 0.345 e. The Hall–Kier alpha value is -2.62. The van der Waals surface area contributed by atoms with Crippen LogP contribution in [0.25, 0.3) is 0 Å². The summed E-state index contributed by atoms with van der Waals surface area (Å²) in [6.07, 6.45) is 12.4. The minimum atomic E-state index is -0.744. The zero-order valence-corrected chi connectivity index (χ0v) is 24.9. The zero-order valence-electron chi connectivity index (χ0n) is 24.0. The number of hydrogen-bond donors (Lipinski definition) is 3. The molecule has 10 heteroatoms. The molecule has 0 aromatic rings. The van der Waals surface area contributed by atoms with E-state index in [0.29, 0.717) is 43.1 Å². The van der Waals surface area contributed by atoms with Gasteiger partial charge in [0.1, 0.15) is 12.1 Å². The number of nitrogens with zero attached hydrogens (tertiary/aromatic N) is 1. The molecule has 3 rings (SSSR count). The number of Topliss-reactive ketones (excluding diaryl/α,β-unsaturated/α-hetero) is 1. The average molecular weight is 575 g/mol. The monoisotopic (exact) mass is 574 g/mol. The Morgan fingerprint density at radius 1 is 0.975 bits per heavy atom. The van der Waals surface area contributed by atoms with Crippen LogP contribution in [0.2, 0.25) is 0 Å². The van der Waals surface area contributed by atoms with Gasteiger partial charge >= 0.3 is 0 Å². The predicted molar refractivity (Wildman–Crippen MR) is 157 cm³/mol. The van der Waals surface area contributed by atoms with Crippen molar-refractivity contribution in [3.8, 4) is 0 Å². The van der Waals surface area contributed by atoms with Crippen LogP contribution in [0.1, 0.15) is 90.9 Å². The average Bonchev–Trinajstić information content (AvgIpc) is 3.42. The standard InChI is InChI=1S/C30H46N4O5S/c1-4-11-25(40-5-2)29(38)33-27(22-14-7-6-8-15-22)30(39)31-19-26(36)34-17-10-16-24(34)28(37)32-23(20(3)35)18-21-12-9-13-21/h5,11,21-24,27H,2,4,6-10,12-19H2,1,3H3,(H,31,39)(H,32,37)(H,33,38)/b25-11-. The van der Waals surface area contributed by atoms with Crippen LogP contribution in [0, 0.1) is 11.8 Å². The summed E-state index contributed by atoms with van der Waals surface area (Å²) in [5, 5.41) is 10.1. The molecule has 0 spiro atoms. The number of amides is 4. The highest BCUT2D eigenvalue weighted by molar-refractivity contribution is 8.06. The topological polar surface area (TPSA) is 125 Å². The maximum Gasteiger partial charge on any atom is 0.258 e. The smallest absolute Gasteiger partial charge is 0.258 e. The second-order valence-electron chi connectivity index (χ2n) is 11.3. The van der Waals surface area contributed by atoms with Crippen molar-refractivity contribution in [2.24, 2.45) is 11.8 Å². The van der Waals surface area contributed by atoms with Crippen molar-refractivity contribution in [2.45, 2.75) is 109 Å². The highest BCUT2D eigenvalue weighted by atomic mass is 32.2. The van der Waals surface area contributed by atoms with Gasteiger partial charge in [-0.05, 0) is 62.7 Å². The molecule has 3 unspecified atom stereocenters. The third-order valence-corrected chi connectivity index (χ3v) is 9.18. The van der Waals surface area contributed by atoms with Gasteiger partial charge in [0.05, 0.1) is 17.5 Å². The Labute approximate surface area is 242 Å². The molecule has 0 radical (unpaired) electrons. The summed E-state index contributed by atoms with van der Waals surface area (Å²) in [7, 11) is 0. The molecular weight excluding hydrogens is 528 g/mol. The first kappa shape index (κ1) is 31.9. The Morgan fingerprint density at radius 3 is 2.30 bits per heavy atom. The van der Waals surface area contributed by atoms with Gasteiger partial charge in [-0.1, -0.05) is 69.9 Å². The third kappa shape index (κ3) is 8.94. The number of ketones is 1. The summed E-state index contributed by atoms with van der Waals surface area (Å²) in [6, 6.07) is -1.92. The van der Waals surface area contributed by atoms with Gasteiger partial charge in [0.2, 0.25) is 17.7 Å². The van der Waals surface area contributed by atoms with Gasteiger partial charge in [-0.2, -0.15) is 0 Å². The third-order valence-electron chi connectivity index (χ3n) is 8.40. The lowest BCUT2D eigenvalue weighted by atomic mass is 9.80. The number of carbonyl (C=O) groups excluding carboxylic acids is 5. The molecule has 4 amide bonds. The van der Waals surface area contributed by atoms with E-state index in [0.717, 1.165) is 51.4 Å². The van der Waals surface area contributed by atoms with Crippen LogP contribution < -0.4 is 16.0 Å². The van der Waals surface area contributed by atoms with E-state index in [1.807, 2.05) is 13.0 Å². The first-order valence-corrected chi connectivity index (χ1v) is 15.8. The van der Waals surface area contributed by atoms with Crippen LogP contribution in [-0.4, -0.2) is 65.5 Å². The van der Waals surface area contributed by atoms with Crippen LogP contribution in [-0.2, 0) is 24.0 Å². The Balaban J connectivity index is 1.60. The van der Waals surface area contributed by atoms with Gasteiger partial charge in [0.15, 0.2) is 5.78 Å². The van der Waals surface area contributed by atoms with Crippen LogP contribution in [0.5, 0.6) is 0 Å². The van der Waals surface area contributed by atoms with Gasteiger partial charge in [-0.15, -0.1) is 0 Å². The summed E-state index contributed by atoms with van der Waals surface area (Å²) < 4.78 is 0. The highest BCUT2D eigenvalue weighted by Gasteiger charge is 2.37. The number of likely N-dealkylation sites (tertiary alicyclic amines) is 1. The van der Waals surface area contributed by atoms with Crippen molar-refractivity contribution in [1.29, 1.82) is 0 Å². The molecule has 0 aromatic carbocycles. The van der Waals surface area contributed by atoms with Crippen molar-refractivity contribution >= 4 is 41.2 Å². The van der Waals surface area contributed by atoms with Gasteiger partial charge in [-0.3, -0.25) is 24.0 Å². The van der Waals surface area contributed by atoms with Crippen LogP contribution in [0.3, 0.4) is 0 Å². The van der Waals surface area contributed by atoms with Crippen molar-refractivity contribution in [3.63, 3.8) is 0 Å². The Bertz CT molecular complexity index is 973. The minimum absolute atomic E-state index is 0.00564. The molecule has 1 saturated heterocycles. The Morgan fingerprint density at radius 2 is 1.70 bits per heavy atom. The van der Waals surface area contributed by atoms with Gasteiger partial charge in [0, 0.05) is 6.54 Å². The van der Waals surface area contributed by atoms with E-state index in [-0.39, 0.29) is 41.9 Å². The molecule has 3 N–H and O–H groups in total. The molecule has 3 aliphatic rings. The van der Waals surface area contributed by atoms with E-state index in [1.54, 1.807) is 5.41 Å². The highest BCUT2D eigenvalue weighted by Crippen LogP contribution is 2.31. The molecule has 1 aliphatic heterocycles. The summed E-state index contributed by atoms with van der Waals surface area (Å²) in [4.78, 5) is 66.8. The first-order chi connectivity index (χ1) is 19.2. The van der Waals surface area contributed by atoms with Crippen LogP contribution in [0.15, 0.2) is 23.0 Å². The van der Waals surface area contributed by atoms with Crippen molar-refractivity contribution < 1.29 is 24.0 Å². The van der Waals surface area contributed by atoms with Crippen molar-refractivity contribution in [3.05, 3.63) is 23.0 Å². The fourth-order valence-corrected chi connectivity index (χ4v) is 6.52. The number of allylic oxidation sites excluding steroid dienone is 1. The van der Waals surface area contributed by atoms with E-state index in [4.69, 9.17) is 0 Å². The molecule has 9 nitrogen and oxygen atoms in total. The lowest BCUT2D eigenvalue weighted by molar-refractivity contribution is -0.140. The summed E-state index contributed by atoms with van der Waals surface area (Å²) in [6.45, 7) is 7.30. The van der Waals surface area contributed by atoms with E-state index in [9.17, 15) is 24.0 Å². The van der Waals surface area contributed by atoms with E-state index >= 15 is 0 Å². The molecule has 0 bridgehead atoms. The molecule has 2 aliphatic carbocycles. The number of hydrogen-bond acceptors (Lipinski definition) is 6. The molecule has 3 atom stereocenters. The number of rotatable bonds is 14. The summed E-state index contributed by atoms with van der Waals surface area (Å²) >= 11 is 1.22. The van der Waals surface area contributed by atoms with Crippen molar-refractivity contribution in [2.75, 3.05) is 13.1 Å². The van der Waals surface area contributed by atoms with Crippen LogP contribution >= 0.6 is 11.8 Å². The number of nitrogens with one attached hydrogen (secondary N) is 3. The van der Waals surface area contributed by atoms with E-state index < -0.39 is 18.1 Å². The molecule has 2 saturated carbocycles. The normalized spacial score (nSPS) is 21.6. The maximum absolute atomic E-state index is 13.3. The van der Waals surface area contributed by atoms with Gasteiger partial charge in [0.25, 0.3) is 5.91 Å². The molecule has 40 heavy (non-hydrogen) atoms. The van der Waals surface area contributed by atoms with E-state index in [2.05, 4.69) is 22.5 Å². The van der Waals surface area contributed by atoms with Gasteiger partial charge in [-0.25, -0.2) is 0 Å². The van der Waals surface area contributed by atoms with Crippen molar-refractivity contribution in [1.82, 2.24) is 20.9 Å². The molecule has 1 heterocycles. The zero-order chi connectivity index (χ0) is 29.1. The quantitative estimate of drug-likeness (QED) is 0.272. The van der Waals surface area contributed by atoms with Gasteiger partial charge < -0.3 is 20.9 Å². The van der Waals surface area contributed by atoms with E-state index in [1.165, 1.54) is 23.6 Å². The number of thioether (sulfide) groups is 1. The molecule has 3 fully saturated rings. The second-order valence-corrected chi connectivity index (χ2v) is 12.3. The second kappa shape index (κ2) is 16.0. The first-order valence-electron chi connectivity index (χ1n) is 14.9. The Kier molecular flexibility index (Phi) is 12.7. The lowest BCUT2D eigenvalue weighted by Gasteiger charge is -2.31. The number of carbonyl (C=O) groups is 5. The lowest BCUT2D eigenvalue weighted by Crippen LogP contribution is -2.55. The summed E-state index contributed by atoms with van der Waals surface area (Å²) in [5.74, 6) is -0.956. The fourth-order valence-electron chi connectivity index (χ4n) is 5.92. The molecule has 0 aromatic heterocycles.